The fourth-order valence-electron chi connectivity index (χ4n) is 1.51. The molecule has 1 heteroatoms. The second kappa shape index (κ2) is 2.14. The average molecular weight is 123 g/mol. The third-order valence-electron chi connectivity index (χ3n) is 2.21. The van der Waals surface area contributed by atoms with Crippen molar-refractivity contribution in [1.82, 2.24) is 5.32 Å². The Hall–Kier alpha value is -0.300. The van der Waals surface area contributed by atoms with Crippen molar-refractivity contribution in [3.8, 4) is 0 Å². The Labute approximate surface area is 56.1 Å². The molecule has 9 heavy (non-hydrogen) atoms. The molecule has 0 saturated carbocycles. The van der Waals surface area contributed by atoms with Gasteiger partial charge >= 0.3 is 0 Å². The van der Waals surface area contributed by atoms with Gasteiger partial charge in [0.15, 0.2) is 0 Å². The van der Waals surface area contributed by atoms with E-state index >= 15 is 0 Å². The zero-order valence-electron chi connectivity index (χ0n) is 5.64. The lowest BCUT2D eigenvalue weighted by Crippen LogP contribution is -1.93. The SMILES string of the molecule is C1=C/C2NC2CCCC/1. The fourth-order valence-corrected chi connectivity index (χ4v) is 1.51. The maximum Gasteiger partial charge on any atom is 0.0408 e. The van der Waals surface area contributed by atoms with Gasteiger partial charge < -0.3 is 5.32 Å². The van der Waals surface area contributed by atoms with Crippen LogP contribution in [0.15, 0.2) is 12.2 Å². The molecule has 1 saturated heterocycles. The Morgan fingerprint density at radius 1 is 1.33 bits per heavy atom. The summed E-state index contributed by atoms with van der Waals surface area (Å²) >= 11 is 0. The largest absolute Gasteiger partial charge is 0.304 e. The molecule has 2 atom stereocenters. The molecule has 2 rings (SSSR count). The van der Waals surface area contributed by atoms with Crippen LogP contribution in [0.1, 0.15) is 25.7 Å². The molecule has 0 aromatic carbocycles. The van der Waals surface area contributed by atoms with Gasteiger partial charge in [0.2, 0.25) is 0 Å². The average Bonchev–Trinajstić information content (AvgIpc) is 2.46. The Kier molecular flexibility index (Phi) is 1.31. The Morgan fingerprint density at radius 2 is 2.33 bits per heavy atom. The van der Waals surface area contributed by atoms with Crippen LogP contribution in [0.25, 0.3) is 0 Å². The highest BCUT2D eigenvalue weighted by Crippen LogP contribution is 2.21. The number of fused-ring (bicyclic) bond motifs is 1. The van der Waals surface area contributed by atoms with Crippen LogP contribution < -0.4 is 5.32 Å². The monoisotopic (exact) mass is 123 g/mol. The first-order valence-corrected chi connectivity index (χ1v) is 3.89. The van der Waals surface area contributed by atoms with Crippen LogP contribution in [0.5, 0.6) is 0 Å². The summed E-state index contributed by atoms with van der Waals surface area (Å²) < 4.78 is 0. The Bertz CT molecular complexity index is 129. The summed E-state index contributed by atoms with van der Waals surface area (Å²) in [5, 5.41) is 3.42. The normalized spacial score (nSPS) is 44.4. The third-order valence-corrected chi connectivity index (χ3v) is 2.21. The van der Waals surface area contributed by atoms with Crippen LogP contribution >= 0.6 is 0 Å². The van der Waals surface area contributed by atoms with E-state index in [9.17, 15) is 0 Å². The molecule has 0 bridgehead atoms. The molecule has 0 amide bonds. The summed E-state index contributed by atoms with van der Waals surface area (Å²) in [7, 11) is 0. The van der Waals surface area contributed by atoms with Crippen LogP contribution in [0.4, 0.5) is 0 Å². The summed E-state index contributed by atoms with van der Waals surface area (Å²) in [6.07, 6.45) is 10.1. The lowest BCUT2D eigenvalue weighted by molar-refractivity contribution is 0.666. The van der Waals surface area contributed by atoms with Gasteiger partial charge in [-0.25, -0.2) is 0 Å². The van der Waals surface area contributed by atoms with Crippen molar-refractivity contribution in [2.75, 3.05) is 0 Å². The molecule has 1 nitrogen and oxygen atoms in total. The molecule has 1 heterocycles. The van der Waals surface area contributed by atoms with Gasteiger partial charge in [-0.3, -0.25) is 0 Å². The van der Waals surface area contributed by atoms with Gasteiger partial charge in [-0.2, -0.15) is 0 Å². The van der Waals surface area contributed by atoms with Crippen molar-refractivity contribution in [2.24, 2.45) is 0 Å². The summed E-state index contributed by atoms with van der Waals surface area (Å²) in [6.45, 7) is 0. The van der Waals surface area contributed by atoms with E-state index in [0.717, 1.165) is 12.1 Å². The summed E-state index contributed by atoms with van der Waals surface area (Å²) in [6, 6.07) is 1.60. The van der Waals surface area contributed by atoms with Crippen molar-refractivity contribution in [3.63, 3.8) is 0 Å². The van der Waals surface area contributed by atoms with E-state index in [4.69, 9.17) is 0 Å². The first-order valence-electron chi connectivity index (χ1n) is 3.89. The Balaban J connectivity index is 1.95. The van der Waals surface area contributed by atoms with Crippen molar-refractivity contribution in [1.29, 1.82) is 0 Å². The minimum atomic E-state index is 0.755. The number of allylic oxidation sites excluding steroid dienone is 1. The lowest BCUT2D eigenvalue weighted by Gasteiger charge is -1.97. The molecule has 2 aliphatic rings. The van der Waals surface area contributed by atoms with Crippen LogP contribution in [-0.2, 0) is 0 Å². The summed E-state index contributed by atoms with van der Waals surface area (Å²) in [5.74, 6) is 0. The smallest absolute Gasteiger partial charge is 0.0408 e. The van der Waals surface area contributed by atoms with Gasteiger partial charge in [-0.05, 0) is 19.3 Å². The number of hydrogen-bond acceptors (Lipinski definition) is 1. The van der Waals surface area contributed by atoms with Crippen molar-refractivity contribution in [2.45, 2.75) is 37.8 Å². The van der Waals surface area contributed by atoms with Crippen LogP contribution in [0, 0.1) is 0 Å². The van der Waals surface area contributed by atoms with Gasteiger partial charge in [0.25, 0.3) is 0 Å². The van der Waals surface area contributed by atoms with E-state index < -0.39 is 0 Å². The maximum atomic E-state index is 3.42. The van der Waals surface area contributed by atoms with Crippen LogP contribution in [0.3, 0.4) is 0 Å². The zero-order chi connectivity index (χ0) is 6.10. The molecule has 1 N–H and O–H groups in total. The molecule has 0 aromatic rings. The molecule has 1 aliphatic carbocycles. The predicted octanol–water partition coefficient (Wildman–Crippen LogP) is 1.46. The van der Waals surface area contributed by atoms with E-state index in [2.05, 4.69) is 17.5 Å². The molecule has 0 radical (unpaired) electrons. The number of nitrogens with one attached hydrogen (secondary N) is 1. The zero-order valence-corrected chi connectivity index (χ0v) is 5.64. The second-order valence-corrected chi connectivity index (χ2v) is 3.01. The van der Waals surface area contributed by atoms with Crippen LogP contribution in [-0.4, -0.2) is 12.1 Å². The molecule has 0 aromatic heterocycles. The van der Waals surface area contributed by atoms with Crippen molar-refractivity contribution < 1.29 is 0 Å². The third kappa shape index (κ3) is 1.16. The van der Waals surface area contributed by atoms with Gasteiger partial charge in [0, 0.05) is 12.1 Å². The van der Waals surface area contributed by atoms with Gasteiger partial charge in [-0.1, -0.05) is 18.6 Å². The van der Waals surface area contributed by atoms with E-state index in [1.807, 2.05) is 0 Å². The number of rotatable bonds is 0. The minimum Gasteiger partial charge on any atom is -0.304 e. The topological polar surface area (TPSA) is 21.9 Å². The summed E-state index contributed by atoms with van der Waals surface area (Å²) in [4.78, 5) is 0. The van der Waals surface area contributed by atoms with E-state index in [1.54, 1.807) is 0 Å². The standard InChI is InChI=1S/C8H13N/c1-2-4-6-8-7(9-8)5-3-1/h3,5,7-9H,1-2,4,6H2/b5-3+. The van der Waals surface area contributed by atoms with Crippen LogP contribution in [0.2, 0.25) is 0 Å². The fraction of sp³-hybridized carbons (Fsp3) is 0.750. The molecule has 1 fully saturated rings. The molecule has 2 unspecified atom stereocenters. The van der Waals surface area contributed by atoms with Crippen molar-refractivity contribution in [3.05, 3.63) is 12.2 Å². The van der Waals surface area contributed by atoms with Gasteiger partial charge in [0.1, 0.15) is 0 Å². The highest BCUT2D eigenvalue weighted by Gasteiger charge is 2.32. The maximum absolute atomic E-state index is 3.42. The van der Waals surface area contributed by atoms with Crippen molar-refractivity contribution >= 4 is 0 Å². The number of hydrogen-bond donors (Lipinski definition) is 1. The van der Waals surface area contributed by atoms with E-state index in [1.165, 1.54) is 25.7 Å². The quantitative estimate of drug-likeness (QED) is 0.382. The second-order valence-electron chi connectivity index (χ2n) is 3.01. The first kappa shape index (κ1) is 5.48. The minimum absolute atomic E-state index is 0.755. The lowest BCUT2D eigenvalue weighted by atomic mass is 10.1. The highest BCUT2D eigenvalue weighted by atomic mass is 15.1. The predicted molar refractivity (Wildman–Crippen MR) is 38.3 cm³/mol. The first-order chi connectivity index (χ1) is 4.47. The van der Waals surface area contributed by atoms with Gasteiger partial charge in [0.05, 0.1) is 0 Å². The molecule has 0 spiro atoms. The van der Waals surface area contributed by atoms with Gasteiger partial charge in [-0.15, -0.1) is 0 Å². The van der Waals surface area contributed by atoms with E-state index in [-0.39, 0.29) is 0 Å². The van der Waals surface area contributed by atoms with E-state index in [0.29, 0.717) is 0 Å². The summed E-state index contributed by atoms with van der Waals surface area (Å²) in [5.41, 5.74) is 0. The molecule has 50 valence electrons. The molecular weight excluding hydrogens is 110 g/mol. The molecular formula is C8H13N. The molecule has 1 aliphatic heterocycles. The Morgan fingerprint density at radius 3 is 3.33 bits per heavy atom. The highest BCUT2D eigenvalue weighted by molar-refractivity contribution is 5.12.